The predicted molar refractivity (Wildman–Crippen MR) is 120 cm³/mol. The molecule has 5 rings (SSSR count). The Labute approximate surface area is 205 Å². The molecule has 3 aliphatic carbocycles. The van der Waals surface area contributed by atoms with Crippen molar-refractivity contribution in [3.05, 3.63) is 40.6 Å². The Kier molecular flexibility index (Phi) is 6.04. The lowest BCUT2D eigenvalue weighted by Crippen LogP contribution is -2.21. The summed E-state index contributed by atoms with van der Waals surface area (Å²) in [5.74, 6) is -1.13. The van der Waals surface area contributed by atoms with Gasteiger partial charge in [-0.2, -0.15) is 23.0 Å². The van der Waals surface area contributed by atoms with Crippen LogP contribution in [-0.4, -0.2) is 42.3 Å². The second-order valence-corrected chi connectivity index (χ2v) is 12.4. The third-order valence-electron chi connectivity index (χ3n) is 7.43. The molecule has 3 atom stereocenters. The van der Waals surface area contributed by atoms with E-state index in [0.717, 1.165) is 23.2 Å². The van der Waals surface area contributed by atoms with Crippen LogP contribution in [-0.2, 0) is 22.5 Å². The molecule has 1 amide bonds. The van der Waals surface area contributed by atoms with Crippen LogP contribution in [0, 0.1) is 22.5 Å². The first-order chi connectivity index (χ1) is 16.8. The Morgan fingerprint density at radius 1 is 1.25 bits per heavy atom. The minimum atomic E-state index is -4.82. The first-order valence-electron chi connectivity index (χ1n) is 11.9. The summed E-state index contributed by atoms with van der Waals surface area (Å²) in [5.41, 5.74) is -1.86. The standard InChI is InChI=1S/C23H27F4N5O3S/c1-36(28,35)18-10-17(4-5-32(18)34)29-22(33)21-19(23(25,26)27)20(13-2-3-13)30-31(21)11-12-6-14-8-16(24)9-15(14)7-12/h4-5,10,12-16,28,34H,2-3,6-9,11H2,1H3. The van der Waals surface area contributed by atoms with E-state index < -0.39 is 39.2 Å². The normalized spacial score (nSPS) is 28.3. The largest absolute Gasteiger partial charge is 0.428 e. The molecule has 3 fully saturated rings. The first-order valence-corrected chi connectivity index (χ1v) is 13.8. The van der Waals surface area contributed by atoms with Gasteiger partial charge in [-0.1, -0.05) is 0 Å². The van der Waals surface area contributed by atoms with Gasteiger partial charge in [-0.15, -0.1) is 0 Å². The summed E-state index contributed by atoms with van der Waals surface area (Å²) >= 11 is 0. The van der Waals surface area contributed by atoms with Crippen molar-refractivity contribution in [2.75, 3.05) is 6.26 Å². The van der Waals surface area contributed by atoms with E-state index in [1.165, 1.54) is 6.07 Å². The van der Waals surface area contributed by atoms with Crippen LogP contribution < -0.4 is 5.36 Å². The van der Waals surface area contributed by atoms with E-state index in [0.29, 0.717) is 43.3 Å². The molecule has 8 nitrogen and oxygen atoms in total. The summed E-state index contributed by atoms with van der Waals surface area (Å²) in [6.45, 7) is 0.114. The van der Waals surface area contributed by atoms with Gasteiger partial charge in [-0.05, 0) is 62.3 Å². The van der Waals surface area contributed by atoms with E-state index in [-0.39, 0.29) is 46.3 Å². The average molecular weight is 530 g/mol. The van der Waals surface area contributed by atoms with Crippen LogP contribution in [0.3, 0.4) is 0 Å². The summed E-state index contributed by atoms with van der Waals surface area (Å²) in [4.78, 5) is 17.1. The zero-order valence-electron chi connectivity index (χ0n) is 19.5. The second-order valence-electron chi connectivity index (χ2n) is 10.3. The summed E-state index contributed by atoms with van der Waals surface area (Å²) in [6, 6.07) is 2.21. The van der Waals surface area contributed by atoms with Crippen LogP contribution in [0.15, 0.2) is 28.3 Å². The van der Waals surface area contributed by atoms with E-state index in [9.17, 15) is 31.8 Å². The number of amides is 1. The van der Waals surface area contributed by atoms with Crippen molar-refractivity contribution in [3.63, 3.8) is 0 Å². The monoisotopic (exact) mass is 529 g/mol. The van der Waals surface area contributed by atoms with Gasteiger partial charge < -0.3 is 5.21 Å². The molecule has 0 saturated heterocycles. The van der Waals surface area contributed by atoms with Crippen LogP contribution in [0.25, 0.3) is 0 Å². The Bertz CT molecular complexity index is 1360. The maximum Gasteiger partial charge on any atom is 0.420 e. The van der Waals surface area contributed by atoms with E-state index in [1.807, 2.05) is 0 Å². The Hall–Kier alpha value is -2.70. The van der Waals surface area contributed by atoms with Gasteiger partial charge in [0.25, 0.3) is 5.91 Å². The molecule has 3 aliphatic rings. The highest BCUT2D eigenvalue weighted by molar-refractivity contribution is 7.91. The molecular weight excluding hydrogens is 502 g/mol. The van der Waals surface area contributed by atoms with E-state index in [2.05, 4.69) is 10.1 Å². The molecule has 0 bridgehead atoms. The van der Waals surface area contributed by atoms with Crippen molar-refractivity contribution in [2.45, 2.75) is 68.4 Å². The van der Waals surface area contributed by atoms with Crippen molar-refractivity contribution in [3.8, 4) is 0 Å². The fraction of sp³-hybridized carbons (Fsp3) is 0.609. The maximum atomic E-state index is 14.2. The van der Waals surface area contributed by atoms with E-state index in [1.54, 1.807) is 0 Å². The van der Waals surface area contributed by atoms with Crippen LogP contribution >= 0.6 is 0 Å². The van der Waals surface area contributed by atoms with E-state index in [4.69, 9.17) is 4.78 Å². The third kappa shape index (κ3) is 4.81. The van der Waals surface area contributed by atoms with Crippen molar-refractivity contribution in [2.24, 2.45) is 22.7 Å². The van der Waals surface area contributed by atoms with Gasteiger partial charge in [-0.3, -0.25) is 9.48 Å². The predicted octanol–water partition coefficient (Wildman–Crippen LogP) is 4.37. The lowest BCUT2D eigenvalue weighted by molar-refractivity contribution is -0.138. The van der Waals surface area contributed by atoms with Gasteiger partial charge in [0.2, 0.25) is 0 Å². The second kappa shape index (κ2) is 8.70. The van der Waals surface area contributed by atoms with Crippen LogP contribution in [0.4, 0.5) is 17.6 Å². The topological polar surface area (TPSA) is 113 Å². The molecular formula is C23H27F4N5O3S. The highest BCUT2D eigenvalue weighted by Crippen LogP contribution is 2.50. The Balaban J connectivity index is 1.55. The SMILES string of the molecule is CS(=N)(=O)c1cc(=NC(=O)c2c(C(F)(F)F)c(C3CC3)nn2CC2CC3CC(F)CC3C2)ccn1O. The van der Waals surface area contributed by atoms with Crippen LogP contribution in [0.1, 0.15) is 66.2 Å². The molecule has 0 aliphatic heterocycles. The Morgan fingerprint density at radius 2 is 1.89 bits per heavy atom. The molecule has 36 heavy (non-hydrogen) atoms. The molecule has 2 aromatic rings. The number of alkyl halides is 4. The zero-order chi connectivity index (χ0) is 26.0. The van der Waals surface area contributed by atoms with Crippen molar-refractivity contribution in [1.82, 2.24) is 14.5 Å². The molecule has 2 heterocycles. The van der Waals surface area contributed by atoms with Gasteiger partial charge in [0.1, 0.15) is 17.4 Å². The lowest BCUT2D eigenvalue weighted by Gasteiger charge is -2.14. The van der Waals surface area contributed by atoms with Crippen LogP contribution in [0.5, 0.6) is 0 Å². The third-order valence-corrected chi connectivity index (χ3v) is 8.53. The number of carbonyl (C=O) groups excluding carboxylic acids is 1. The van der Waals surface area contributed by atoms with Gasteiger partial charge in [0.15, 0.2) is 5.03 Å². The average Bonchev–Trinajstić information content (AvgIpc) is 3.30. The maximum absolute atomic E-state index is 14.2. The number of nitrogens with zero attached hydrogens (tertiary/aromatic N) is 4. The zero-order valence-corrected chi connectivity index (χ0v) is 20.4. The quantitative estimate of drug-likeness (QED) is 0.442. The molecule has 196 valence electrons. The number of hydrogen-bond donors (Lipinski definition) is 2. The number of fused-ring (bicyclic) bond motifs is 1. The summed E-state index contributed by atoms with van der Waals surface area (Å²) < 4.78 is 77.8. The highest BCUT2D eigenvalue weighted by atomic mass is 32.2. The fourth-order valence-corrected chi connectivity index (χ4v) is 6.57. The summed E-state index contributed by atoms with van der Waals surface area (Å²) in [6.07, 6.45) is -0.138. The molecule has 2 aromatic heterocycles. The minimum Gasteiger partial charge on any atom is -0.428 e. The number of pyridine rings is 1. The molecule has 13 heteroatoms. The van der Waals surface area contributed by atoms with Crippen molar-refractivity contribution >= 4 is 15.6 Å². The molecule has 3 saturated carbocycles. The lowest BCUT2D eigenvalue weighted by atomic mass is 10.0. The smallest absolute Gasteiger partial charge is 0.420 e. The number of nitrogens with one attached hydrogen (secondary N) is 1. The fourth-order valence-electron chi connectivity index (χ4n) is 5.81. The molecule has 0 spiro atoms. The first kappa shape index (κ1) is 25.0. The molecule has 3 unspecified atom stereocenters. The number of aromatic nitrogens is 3. The molecule has 2 N–H and O–H groups in total. The van der Waals surface area contributed by atoms with Gasteiger partial charge in [0, 0.05) is 31.0 Å². The number of halogens is 4. The summed E-state index contributed by atoms with van der Waals surface area (Å²) in [5, 5.41) is 13.6. The molecule has 0 aromatic carbocycles. The summed E-state index contributed by atoms with van der Waals surface area (Å²) in [7, 11) is -3.40. The van der Waals surface area contributed by atoms with E-state index >= 15 is 0 Å². The number of carbonyl (C=O) groups is 1. The van der Waals surface area contributed by atoms with Crippen LogP contribution in [0.2, 0.25) is 0 Å². The van der Waals surface area contributed by atoms with Gasteiger partial charge >= 0.3 is 6.18 Å². The molecule has 0 radical (unpaired) electrons. The minimum absolute atomic E-state index is 0.0168. The van der Waals surface area contributed by atoms with Gasteiger partial charge in [0.05, 0.1) is 20.8 Å². The number of hydrogen-bond acceptors (Lipinski definition) is 5. The number of rotatable bonds is 5. The Morgan fingerprint density at radius 3 is 2.44 bits per heavy atom. The van der Waals surface area contributed by atoms with Crippen molar-refractivity contribution in [1.29, 1.82) is 4.78 Å². The highest BCUT2D eigenvalue weighted by Gasteiger charge is 2.47. The van der Waals surface area contributed by atoms with Crippen molar-refractivity contribution < 1.29 is 31.8 Å². The van der Waals surface area contributed by atoms with Gasteiger partial charge in [-0.25, -0.2) is 18.4 Å².